The fourth-order valence-corrected chi connectivity index (χ4v) is 5.61. The summed E-state index contributed by atoms with van der Waals surface area (Å²) in [5, 5.41) is 0.578. The van der Waals surface area contributed by atoms with Gasteiger partial charge in [0.1, 0.15) is 0 Å². The summed E-state index contributed by atoms with van der Waals surface area (Å²) in [6.45, 7) is 7.23. The fourth-order valence-electron chi connectivity index (χ4n) is 3.27. The summed E-state index contributed by atoms with van der Waals surface area (Å²) in [6.07, 6.45) is 3.14. The average molecular weight is 514 g/mol. The lowest BCUT2D eigenvalue weighted by molar-refractivity contribution is 0.0981. The van der Waals surface area contributed by atoms with Crippen LogP contribution in [0.2, 0.25) is 0 Å². The number of nitrogens with zero attached hydrogens (tertiary/aromatic N) is 3. The third kappa shape index (κ3) is 6.02. The molecule has 1 heterocycles. The topological polar surface area (TPSA) is 70.6 Å². The van der Waals surface area contributed by atoms with Crippen LogP contribution in [0.1, 0.15) is 24.2 Å². The Kier molecular flexibility index (Phi) is 9.53. The molecule has 0 saturated heterocycles. The molecule has 1 aromatic heterocycles. The van der Waals surface area contributed by atoms with Crippen molar-refractivity contribution in [2.45, 2.75) is 23.6 Å². The minimum absolute atomic E-state index is 0. The molecule has 0 atom stereocenters. The number of rotatable bonds is 9. The Morgan fingerprint density at radius 2 is 1.78 bits per heavy atom. The summed E-state index contributed by atoms with van der Waals surface area (Å²) in [7, 11) is -3.31. The fraction of sp³-hybridized carbons (Fsp3) is 0.364. The normalized spacial score (nSPS) is 11.5. The predicted molar refractivity (Wildman–Crippen MR) is 138 cm³/mol. The maximum Gasteiger partial charge on any atom is 0.261 e. The second-order valence-corrected chi connectivity index (χ2v) is 11.0. The summed E-state index contributed by atoms with van der Waals surface area (Å²) in [4.78, 5) is 23.4. The predicted octanol–water partition coefficient (Wildman–Crippen LogP) is 4.83. The molecular formula is C22H28ClN3O3S3. The first-order valence-corrected chi connectivity index (χ1v) is 14.0. The van der Waals surface area contributed by atoms with E-state index in [1.54, 1.807) is 23.1 Å². The van der Waals surface area contributed by atoms with E-state index in [-0.39, 0.29) is 23.2 Å². The number of sulfone groups is 1. The molecule has 0 spiro atoms. The molecule has 174 valence electrons. The number of carbonyl (C=O) groups excluding carboxylic acids is 1. The number of thiazole rings is 1. The highest BCUT2D eigenvalue weighted by molar-refractivity contribution is 7.98. The van der Waals surface area contributed by atoms with Gasteiger partial charge in [-0.3, -0.25) is 9.69 Å². The molecule has 6 nitrogen and oxygen atoms in total. The second-order valence-electron chi connectivity index (χ2n) is 7.08. The third-order valence-electron chi connectivity index (χ3n) is 5.12. The van der Waals surface area contributed by atoms with Crippen LogP contribution in [-0.4, -0.2) is 62.9 Å². The van der Waals surface area contributed by atoms with Gasteiger partial charge in [0.2, 0.25) is 0 Å². The summed E-state index contributed by atoms with van der Waals surface area (Å²) in [5.74, 6) is -0.0977. The van der Waals surface area contributed by atoms with Gasteiger partial charge in [-0.15, -0.1) is 24.2 Å². The van der Waals surface area contributed by atoms with Crippen molar-refractivity contribution in [2.24, 2.45) is 0 Å². The van der Waals surface area contributed by atoms with Gasteiger partial charge in [0.15, 0.2) is 15.0 Å². The third-order valence-corrected chi connectivity index (χ3v) is 8.07. The number of halogens is 1. The molecule has 2 aromatic carbocycles. The van der Waals surface area contributed by atoms with Gasteiger partial charge >= 0.3 is 0 Å². The van der Waals surface area contributed by atoms with Crippen molar-refractivity contribution in [3.63, 3.8) is 0 Å². The van der Waals surface area contributed by atoms with Crippen molar-refractivity contribution in [3.05, 3.63) is 48.0 Å². The number of carbonyl (C=O) groups is 1. The molecule has 0 radical (unpaired) electrons. The number of hydrogen-bond donors (Lipinski definition) is 0. The number of benzene rings is 2. The molecule has 0 saturated carbocycles. The maximum absolute atomic E-state index is 13.6. The van der Waals surface area contributed by atoms with E-state index < -0.39 is 9.84 Å². The van der Waals surface area contributed by atoms with Crippen LogP contribution in [0.15, 0.2) is 52.3 Å². The van der Waals surface area contributed by atoms with Crippen molar-refractivity contribution >= 4 is 66.6 Å². The Morgan fingerprint density at radius 3 is 2.41 bits per heavy atom. The molecular weight excluding hydrogens is 486 g/mol. The first-order valence-electron chi connectivity index (χ1n) is 10.1. The minimum Gasteiger partial charge on any atom is -0.302 e. The van der Waals surface area contributed by atoms with Crippen LogP contribution in [-0.2, 0) is 9.84 Å². The Bertz CT molecular complexity index is 1180. The molecule has 0 bridgehead atoms. The Hall–Kier alpha value is -1.65. The number of anilines is 1. The van der Waals surface area contributed by atoms with Gasteiger partial charge in [0.25, 0.3) is 5.91 Å². The highest BCUT2D eigenvalue weighted by Gasteiger charge is 2.24. The number of thioether (sulfide) groups is 1. The molecule has 10 heteroatoms. The van der Waals surface area contributed by atoms with E-state index in [1.165, 1.54) is 29.4 Å². The molecule has 0 aliphatic carbocycles. The van der Waals surface area contributed by atoms with Crippen LogP contribution in [0.25, 0.3) is 10.2 Å². The summed E-state index contributed by atoms with van der Waals surface area (Å²) in [5.41, 5.74) is 1.33. The summed E-state index contributed by atoms with van der Waals surface area (Å²) >= 11 is 2.88. The smallest absolute Gasteiger partial charge is 0.261 e. The zero-order valence-electron chi connectivity index (χ0n) is 18.6. The van der Waals surface area contributed by atoms with Gasteiger partial charge in [-0.1, -0.05) is 37.3 Å². The van der Waals surface area contributed by atoms with Crippen LogP contribution < -0.4 is 4.90 Å². The van der Waals surface area contributed by atoms with Crippen molar-refractivity contribution in [1.82, 2.24) is 9.88 Å². The lowest BCUT2D eigenvalue weighted by Crippen LogP contribution is -2.39. The summed E-state index contributed by atoms with van der Waals surface area (Å²) < 4.78 is 24.6. The second kappa shape index (κ2) is 11.5. The first-order chi connectivity index (χ1) is 14.8. The van der Waals surface area contributed by atoms with Gasteiger partial charge in [-0.2, -0.15) is 0 Å². The highest BCUT2D eigenvalue weighted by atomic mass is 35.5. The van der Waals surface area contributed by atoms with E-state index in [0.29, 0.717) is 22.8 Å². The quantitative estimate of drug-likeness (QED) is 0.381. The standard InChI is InChI=1S/C22H27N3O3S3.ClH/c1-5-24(6-2)13-14-25(21(26)17-9-7-8-10-19(17)29-3)22-23-18-12-11-16(31(4,27)28)15-20(18)30-22;/h7-12,15H,5-6,13-14H2,1-4H3;1H. The number of hydrogen-bond acceptors (Lipinski definition) is 7. The number of likely N-dealkylation sites (N-methyl/N-ethyl adjacent to an activating group) is 1. The van der Waals surface area contributed by atoms with Gasteiger partial charge in [-0.25, -0.2) is 13.4 Å². The molecule has 32 heavy (non-hydrogen) atoms. The summed E-state index contributed by atoms with van der Waals surface area (Å²) in [6, 6.07) is 12.5. The van der Waals surface area contributed by atoms with Gasteiger partial charge in [-0.05, 0) is 49.7 Å². The van der Waals surface area contributed by atoms with E-state index >= 15 is 0 Å². The lowest BCUT2D eigenvalue weighted by Gasteiger charge is -2.25. The molecule has 0 aliphatic heterocycles. The van der Waals surface area contributed by atoms with E-state index in [2.05, 4.69) is 23.7 Å². The Balaban J connectivity index is 0.00000363. The van der Waals surface area contributed by atoms with E-state index in [9.17, 15) is 13.2 Å². The molecule has 0 fully saturated rings. The SMILES string of the molecule is CCN(CC)CCN(C(=O)c1ccccc1SC)c1nc2ccc(S(C)(=O)=O)cc2s1.Cl. The average Bonchev–Trinajstić information content (AvgIpc) is 3.18. The van der Waals surface area contributed by atoms with Crippen LogP contribution in [0, 0.1) is 0 Å². The molecule has 0 N–H and O–H groups in total. The highest BCUT2D eigenvalue weighted by Crippen LogP contribution is 2.32. The minimum atomic E-state index is -3.31. The Morgan fingerprint density at radius 1 is 1.09 bits per heavy atom. The molecule has 0 aliphatic rings. The monoisotopic (exact) mass is 513 g/mol. The van der Waals surface area contributed by atoms with E-state index in [4.69, 9.17) is 0 Å². The van der Waals surface area contributed by atoms with Crippen molar-refractivity contribution < 1.29 is 13.2 Å². The van der Waals surface area contributed by atoms with E-state index in [0.717, 1.165) is 29.2 Å². The zero-order valence-corrected chi connectivity index (χ0v) is 21.8. The maximum atomic E-state index is 13.6. The van der Waals surface area contributed by atoms with Gasteiger partial charge in [0, 0.05) is 24.2 Å². The number of aromatic nitrogens is 1. The van der Waals surface area contributed by atoms with Crippen molar-refractivity contribution in [3.8, 4) is 0 Å². The van der Waals surface area contributed by atoms with Crippen molar-refractivity contribution in [2.75, 3.05) is 43.6 Å². The molecule has 1 amide bonds. The van der Waals surface area contributed by atoms with Crippen molar-refractivity contribution in [1.29, 1.82) is 0 Å². The number of amides is 1. The number of fused-ring (bicyclic) bond motifs is 1. The molecule has 3 aromatic rings. The zero-order chi connectivity index (χ0) is 22.6. The van der Waals surface area contributed by atoms with Crippen LogP contribution in [0.3, 0.4) is 0 Å². The van der Waals surface area contributed by atoms with Crippen LogP contribution in [0.5, 0.6) is 0 Å². The first kappa shape index (κ1) is 26.6. The van der Waals surface area contributed by atoms with Crippen LogP contribution in [0.4, 0.5) is 5.13 Å². The van der Waals surface area contributed by atoms with E-state index in [1.807, 2.05) is 30.5 Å². The van der Waals surface area contributed by atoms with Crippen LogP contribution >= 0.6 is 35.5 Å². The molecule has 0 unspecified atom stereocenters. The Labute approximate surface area is 204 Å². The molecule has 3 rings (SSSR count). The van der Waals surface area contributed by atoms with Gasteiger partial charge < -0.3 is 4.90 Å². The lowest BCUT2D eigenvalue weighted by atomic mass is 10.2. The van der Waals surface area contributed by atoms with Gasteiger partial charge in [0.05, 0.1) is 20.7 Å². The largest absolute Gasteiger partial charge is 0.302 e.